The number of carbonyl (C=O) groups excluding carboxylic acids is 1. The number of hydrazone groups is 1. The Morgan fingerprint density at radius 3 is 2.43 bits per heavy atom. The van der Waals surface area contributed by atoms with Crippen LogP contribution >= 0.6 is 11.6 Å². The second-order valence-corrected chi connectivity index (χ2v) is 10.5. The Balaban J connectivity index is 1.17. The minimum atomic E-state index is -1.11. The van der Waals surface area contributed by atoms with Gasteiger partial charge in [0.1, 0.15) is 24.7 Å². The average molecular weight is 643 g/mol. The molecule has 0 spiro atoms. The van der Waals surface area contributed by atoms with Crippen molar-refractivity contribution >= 4 is 35.4 Å². The summed E-state index contributed by atoms with van der Waals surface area (Å²) < 4.78 is 19.1. The van der Waals surface area contributed by atoms with Crippen LogP contribution in [0.25, 0.3) is 5.69 Å². The van der Waals surface area contributed by atoms with Crippen molar-refractivity contribution < 1.29 is 33.5 Å². The number of nitro benzene ring substituents is 1. The normalized spacial score (nSPS) is 11.0. The van der Waals surface area contributed by atoms with E-state index in [2.05, 4.69) is 27.2 Å². The quantitative estimate of drug-likeness (QED) is 0.0847. The highest BCUT2D eigenvalue weighted by molar-refractivity contribution is 6.32. The fraction of sp³-hybridized carbons (Fsp3) is 0.121. The minimum absolute atomic E-state index is 0.00983. The van der Waals surface area contributed by atoms with Crippen molar-refractivity contribution in [2.75, 3.05) is 0 Å². The molecule has 12 nitrogen and oxygen atoms in total. The standard InChI is InChI=1S/C33H27ClN4O8/c1-20-6-7-21(2)37(20)25-8-10-26(11-9-25)44-19-27-12-13-30(46-27)32(39)36-35-17-23-15-28(34)31(29(16-23)38(42)43)45-18-22-4-3-5-24(14-22)33(40)41/h3-17H,18-19H2,1-2H3,(H,36,39)(H,40,41)/b35-17+. The number of ether oxygens (including phenoxy) is 2. The summed E-state index contributed by atoms with van der Waals surface area (Å²) in [6, 6.07) is 23.4. The number of furan rings is 1. The number of carbonyl (C=O) groups is 2. The molecule has 0 fully saturated rings. The zero-order valence-corrected chi connectivity index (χ0v) is 25.4. The maximum atomic E-state index is 12.6. The van der Waals surface area contributed by atoms with E-state index in [9.17, 15) is 19.7 Å². The first-order valence-corrected chi connectivity index (χ1v) is 14.2. The third-order valence-electron chi connectivity index (χ3n) is 6.81. The number of nitrogens with zero attached hydrogens (tertiary/aromatic N) is 3. The summed E-state index contributed by atoms with van der Waals surface area (Å²) in [6.07, 6.45) is 1.18. The third-order valence-corrected chi connectivity index (χ3v) is 7.09. The predicted octanol–water partition coefficient (Wildman–Crippen LogP) is 6.87. The lowest BCUT2D eigenvalue weighted by atomic mass is 10.1. The van der Waals surface area contributed by atoms with Gasteiger partial charge in [0, 0.05) is 28.7 Å². The lowest BCUT2D eigenvalue weighted by Crippen LogP contribution is -2.16. The number of aromatic carboxylic acids is 1. The van der Waals surface area contributed by atoms with Gasteiger partial charge in [0.2, 0.25) is 5.75 Å². The molecule has 5 aromatic rings. The topological polar surface area (TPSA) is 158 Å². The molecule has 234 valence electrons. The molecule has 3 aromatic carbocycles. The van der Waals surface area contributed by atoms with Crippen LogP contribution in [-0.4, -0.2) is 32.7 Å². The lowest BCUT2D eigenvalue weighted by Gasteiger charge is -2.10. The number of benzene rings is 3. The molecular formula is C33H27ClN4O8. The van der Waals surface area contributed by atoms with Crippen molar-refractivity contribution in [3.8, 4) is 17.2 Å². The number of nitro groups is 1. The van der Waals surface area contributed by atoms with E-state index < -0.39 is 22.5 Å². The highest BCUT2D eigenvalue weighted by Crippen LogP contribution is 2.36. The summed E-state index contributed by atoms with van der Waals surface area (Å²) in [5, 5.41) is 24.7. The van der Waals surface area contributed by atoms with Crippen molar-refractivity contribution in [2.45, 2.75) is 27.1 Å². The zero-order chi connectivity index (χ0) is 32.8. The van der Waals surface area contributed by atoms with Gasteiger partial charge < -0.3 is 23.6 Å². The van der Waals surface area contributed by atoms with Crippen LogP contribution in [-0.2, 0) is 13.2 Å². The summed E-state index contributed by atoms with van der Waals surface area (Å²) in [6.45, 7) is 4.03. The van der Waals surface area contributed by atoms with Crippen LogP contribution in [0.5, 0.6) is 11.5 Å². The number of nitrogens with one attached hydrogen (secondary N) is 1. The van der Waals surface area contributed by atoms with Gasteiger partial charge in [0.25, 0.3) is 0 Å². The number of aryl methyl sites for hydroxylation is 2. The molecule has 2 aromatic heterocycles. The smallest absolute Gasteiger partial charge is 0.335 e. The molecule has 0 radical (unpaired) electrons. The number of hydrogen-bond donors (Lipinski definition) is 2. The number of aromatic nitrogens is 1. The molecule has 0 aliphatic heterocycles. The molecule has 0 aliphatic rings. The van der Waals surface area contributed by atoms with Crippen LogP contribution in [0.2, 0.25) is 5.02 Å². The Hall–Kier alpha value is -5.88. The molecule has 2 heterocycles. The molecule has 1 amide bonds. The van der Waals surface area contributed by atoms with Crippen molar-refractivity contribution in [2.24, 2.45) is 5.10 Å². The van der Waals surface area contributed by atoms with Gasteiger partial charge >= 0.3 is 17.6 Å². The van der Waals surface area contributed by atoms with E-state index in [0.717, 1.165) is 17.1 Å². The van der Waals surface area contributed by atoms with Crippen molar-refractivity contribution in [1.82, 2.24) is 9.99 Å². The molecule has 5 rings (SSSR count). The SMILES string of the molecule is Cc1ccc(C)n1-c1ccc(OCc2ccc(C(=O)N/N=C/c3cc(Cl)c(OCc4cccc(C(=O)O)c4)c([N+](=O)[O-])c3)o2)cc1. The van der Waals surface area contributed by atoms with E-state index in [0.29, 0.717) is 17.1 Å². The fourth-order valence-corrected chi connectivity index (χ4v) is 4.90. The Kier molecular flexibility index (Phi) is 9.48. The molecular weight excluding hydrogens is 616 g/mol. The van der Waals surface area contributed by atoms with Gasteiger partial charge in [-0.1, -0.05) is 23.7 Å². The van der Waals surface area contributed by atoms with Gasteiger partial charge in [-0.3, -0.25) is 14.9 Å². The Labute approximate surface area is 267 Å². The first-order chi connectivity index (χ1) is 22.1. The van der Waals surface area contributed by atoms with Gasteiger partial charge in [0.05, 0.1) is 21.7 Å². The van der Waals surface area contributed by atoms with Crippen molar-refractivity contribution in [1.29, 1.82) is 0 Å². The van der Waals surface area contributed by atoms with Crippen LogP contribution in [0, 0.1) is 24.0 Å². The van der Waals surface area contributed by atoms with E-state index in [1.54, 1.807) is 12.1 Å². The maximum Gasteiger partial charge on any atom is 0.335 e. The second kappa shape index (κ2) is 13.8. The first-order valence-electron chi connectivity index (χ1n) is 13.8. The number of carboxylic acid groups (broad SMARTS) is 1. The largest absolute Gasteiger partial charge is 0.486 e. The zero-order valence-electron chi connectivity index (χ0n) is 24.6. The molecule has 0 unspecified atom stereocenters. The third kappa shape index (κ3) is 7.42. The minimum Gasteiger partial charge on any atom is -0.486 e. The van der Waals surface area contributed by atoms with Crippen LogP contribution in [0.15, 0.2) is 94.4 Å². The van der Waals surface area contributed by atoms with Crippen LogP contribution in [0.3, 0.4) is 0 Å². The first kappa shape index (κ1) is 31.5. The van der Waals surface area contributed by atoms with Crippen LogP contribution < -0.4 is 14.9 Å². The van der Waals surface area contributed by atoms with E-state index in [-0.39, 0.29) is 40.9 Å². The fourth-order valence-electron chi connectivity index (χ4n) is 4.62. The molecule has 2 N–H and O–H groups in total. The number of halogens is 1. The van der Waals surface area contributed by atoms with Crippen molar-refractivity contribution in [3.05, 3.63) is 140 Å². The molecule has 13 heteroatoms. The van der Waals surface area contributed by atoms with E-state index in [1.807, 2.05) is 38.1 Å². The summed E-state index contributed by atoms with van der Waals surface area (Å²) in [5.41, 5.74) is 5.91. The van der Waals surface area contributed by atoms with E-state index in [1.165, 1.54) is 42.6 Å². The highest BCUT2D eigenvalue weighted by atomic mass is 35.5. The molecule has 0 saturated heterocycles. The highest BCUT2D eigenvalue weighted by Gasteiger charge is 2.21. The van der Waals surface area contributed by atoms with Gasteiger partial charge in [-0.2, -0.15) is 5.10 Å². The Morgan fingerprint density at radius 1 is 1.00 bits per heavy atom. The molecule has 0 bridgehead atoms. The number of hydrogen-bond acceptors (Lipinski definition) is 8. The summed E-state index contributed by atoms with van der Waals surface area (Å²) >= 11 is 6.28. The molecule has 0 aliphatic carbocycles. The van der Waals surface area contributed by atoms with Crippen LogP contribution in [0.1, 0.15) is 49.2 Å². The van der Waals surface area contributed by atoms with Crippen LogP contribution in [0.4, 0.5) is 5.69 Å². The summed E-state index contributed by atoms with van der Waals surface area (Å²) in [5.74, 6) is -0.907. The van der Waals surface area contributed by atoms with Gasteiger partial charge in [-0.15, -0.1) is 0 Å². The Bertz CT molecular complexity index is 1930. The average Bonchev–Trinajstić information content (AvgIpc) is 3.65. The van der Waals surface area contributed by atoms with E-state index >= 15 is 0 Å². The van der Waals surface area contributed by atoms with E-state index in [4.69, 9.17) is 30.6 Å². The summed E-state index contributed by atoms with van der Waals surface area (Å²) in [4.78, 5) is 34.8. The number of amides is 1. The molecule has 0 saturated carbocycles. The summed E-state index contributed by atoms with van der Waals surface area (Å²) in [7, 11) is 0. The van der Waals surface area contributed by atoms with Gasteiger partial charge in [-0.25, -0.2) is 10.2 Å². The predicted molar refractivity (Wildman–Crippen MR) is 169 cm³/mol. The monoisotopic (exact) mass is 642 g/mol. The van der Waals surface area contributed by atoms with Gasteiger partial charge in [-0.05, 0) is 86.1 Å². The maximum absolute atomic E-state index is 12.6. The van der Waals surface area contributed by atoms with Crippen molar-refractivity contribution in [3.63, 3.8) is 0 Å². The van der Waals surface area contributed by atoms with Gasteiger partial charge in [0.15, 0.2) is 5.76 Å². The Morgan fingerprint density at radius 2 is 1.74 bits per heavy atom. The number of rotatable bonds is 12. The second-order valence-electron chi connectivity index (χ2n) is 10.1. The number of carboxylic acids is 1. The molecule has 0 atom stereocenters. The lowest BCUT2D eigenvalue weighted by molar-refractivity contribution is -0.385. The molecule has 46 heavy (non-hydrogen) atoms.